The number of aliphatic hydroxyl groups excluding tert-OH is 1. The third-order valence-corrected chi connectivity index (χ3v) is 5.23. The Morgan fingerprint density at radius 1 is 1.32 bits per heavy atom. The molecule has 1 atom stereocenters. The van der Waals surface area contributed by atoms with E-state index in [1.54, 1.807) is 0 Å². The third kappa shape index (κ3) is 5.11. The van der Waals surface area contributed by atoms with Gasteiger partial charge in [-0.15, -0.1) is 0 Å². The number of benzene rings is 1. The zero-order valence-electron chi connectivity index (χ0n) is 15.7. The molecule has 0 radical (unpaired) electrons. The first-order valence-electron chi connectivity index (χ1n) is 9.64. The SMILES string of the molecule is CCN(CC)c1ccc(CCC(=O)N2CCCCC2CCO)cc1N. The van der Waals surface area contributed by atoms with Crippen molar-refractivity contribution in [2.45, 2.75) is 58.4 Å². The molecule has 1 aromatic carbocycles. The summed E-state index contributed by atoms with van der Waals surface area (Å²) in [6.45, 7) is 7.08. The molecule has 1 aliphatic heterocycles. The standard InChI is InChI=1S/C20H33N3O2/c1-3-22(4-2)19-10-8-16(15-18(19)21)9-11-20(25)23-13-6-5-7-17(23)12-14-24/h8,10,15,17,24H,3-7,9,11-14,21H2,1-2H3. The van der Waals surface area contributed by atoms with Crippen molar-refractivity contribution in [3.8, 4) is 0 Å². The smallest absolute Gasteiger partial charge is 0.223 e. The number of carbonyl (C=O) groups excluding carboxylic acids is 1. The molecule has 2 rings (SSSR count). The lowest BCUT2D eigenvalue weighted by molar-refractivity contribution is -0.135. The van der Waals surface area contributed by atoms with Crippen molar-refractivity contribution in [3.05, 3.63) is 23.8 Å². The Kier molecular flexibility index (Phi) is 7.56. The van der Waals surface area contributed by atoms with Crippen LogP contribution < -0.4 is 10.6 Å². The van der Waals surface area contributed by atoms with Gasteiger partial charge in [-0.1, -0.05) is 6.07 Å². The van der Waals surface area contributed by atoms with Gasteiger partial charge in [0.2, 0.25) is 5.91 Å². The molecule has 3 N–H and O–H groups in total. The van der Waals surface area contributed by atoms with Crippen molar-refractivity contribution in [2.24, 2.45) is 0 Å². The fraction of sp³-hybridized carbons (Fsp3) is 0.650. The minimum atomic E-state index is 0.151. The number of carbonyl (C=O) groups is 1. The van der Waals surface area contributed by atoms with Gasteiger partial charge in [-0.3, -0.25) is 4.79 Å². The summed E-state index contributed by atoms with van der Waals surface area (Å²) in [4.78, 5) is 16.8. The topological polar surface area (TPSA) is 69.8 Å². The molecule has 5 nitrogen and oxygen atoms in total. The second-order valence-electron chi connectivity index (χ2n) is 6.81. The van der Waals surface area contributed by atoms with Crippen LogP contribution in [-0.4, -0.2) is 48.2 Å². The highest BCUT2D eigenvalue weighted by Gasteiger charge is 2.25. The number of aliphatic hydroxyl groups is 1. The van der Waals surface area contributed by atoms with Crippen LogP contribution in [0.25, 0.3) is 0 Å². The summed E-state index contributed by atoms with van der Waals surface area (Å²) in [5.74, 6) is 0.199. The highest BCUT2D eigenvalue weighted by atomic mass is 16.3. The Hall–Kier alpha value is -1.75. The van der Waals surface area contributed by atoms with Gasteiger partial charge < -0.3 is 20.6 Å². The highest BCUT2D eigenvalue weighted by Crippen LogP contribution is 2.25. The first-order chi connectivity index (χ1) is 12.1. The molecule has 1 unspecified atom stereocenters. The zero-order chi connectivity index (χ0) is 18.2. The monoisotopic (exact) mass is 347 g/mol. The summed E-state index contributed by atoms with van der Waals surface area (Å²) >= 11 is 0. The zero-order valence-corrected chi connectivity index (χ0v) is 15.7. The Morgan fingerprint density at radius 2 is 2.08 bits per heavy atom. The lowest BCUT2D eigenvalue weighted by atomic mass is 9.98. The summed E-state index contributed by atoms with van der Waals surface area (Å²) in [6.07, 6.45) is 5.14. The second kappa shape index (κ2) is 9.66. The molecule has 5 heteroatoms. The van der Waals surface area contributed by atoms with E-state index < -0.39 is 0 Å². The van der Waals surface area contributed by atoms with Crippen LogP contribution in [0.15, 0.2) is 18.2 Å². The van der Waals surface area contributed by atoms with Crippen molar-refractivity contribution >= 4 is 17.3 Å². The predicted molar refractivity (Wildman–Crippen MR) is 104 cm³/mol. The van der Waals surface area contributed by atoms with Crippen LogP contribution in [0.5, 0.6) is 0 Å². The first kappa shape index (κ1) is 19.6. The van der Waals surface area contributed by atoms with E-state index in [2.05, 4.69) is 30.9 Å². The van der Waals surface area contributed by atoms with Crippen molar-refractivity contribution in [3.63, 3.8) is 0 Å². The van der Waals surface area contributed by atoms with Gasteiger partial charge in [0.25, 0.3) is 0 Å². The fourth-order valence-electron chi connectivity index (χ4n) is 3.78. The lowest BCUT2D eigenvalue weighted by Gasteiger charge is -2.35. The Balaban J connectivity index is 1.96. The number of piperidine rings is 1. The van der Waals surface area contributed by atoms with E-state index in [0.717, 1.165) is 55.8 Å². The molecule has 1 aromatic rings. The molecule has 25 heavy (non-hydrogen) atoms. The van der Waals surface area contributed by atoms with Crippen LogP contribution in [-0.2, 0) is 11.2 Å². The van der Waals surface area contributed by atoms with Gasteiger partial charge in [0.05, 0.1) is 11.4 Å². The predicted octanol–water partition coefficient (Wildman–Crippen LogP) is 2.81. The number of nitrogen functional groups attached to an aromatic ring is 1. The van der Waals surface area contributed by atoms with E-state index in [4.69, 9.17) is 5.73 Å². The molecule has 0 bridgehead atoms. The minimum Gasteiger partial charge on any atom is -0.397 e. The van der Waals surface area contributed by atoms with Crippen LogP contribution in [0.2, 0.25) is 0 Å². The normalized spacial score (nSPS) is 17.6. The molecule has 0 aromatic heterocycles. The minimum absolute atomic E-state index is 0.151. The molecule has 1 heterocycles. The van der Waals surface area contributed by atoms with E-state index in [0.29, 0.717) is 19.3 Å². The number of anilines is 2. The summed E-state index contributed by atoms with van der Waals surface area (Å²) in [7, 11) is 0. The van der Waals surface area contributed by atoms with Crippen molar-refractivity contribution < 1.29 is 9.90 Å². The van der Waals surface area contributed by atoms with E-state index in [-0.39, 0.29) is 18.6 Å². The number of likely N-dealkylation sites (tertiary alicyclic amines) is 1. The van der Waals surface area contributed by atoms with Gasteiger partial charge in [0.15, 0.2) is 0 Å². The number of hydrogen-bond acceptors (Lipinski definition) is 4. The largest absolute Gasteiger partial charge is 0.397 e. The van der Waals surface area contributed by atoms with Gasteiger partial charge in [-0.2, -0.15) is 0 Å². The number of hydrogen-bond donors (Lipinski definition) is 2. The maximum absolute atomic E-state index is 12.6. The van der Waals surface area contributed by atoms with Crippen LogP contribution in [0.3, 0.4) is 0 Å². The van der Waals surface area contributed by atoms with E-state index >= 15 is 0 Å². The quantitative estimate of drug-likeness (QED) is 0.710. The van der Waals surface area contributed by atoms with Crippen molar-refractivity contribution in [1.82, 2.24) is 4.90 Å². The van der Waals surface area contributed by atoms with E-state index in [1.165, 1.54) is 0 Å². The van der Waals surface area contributed by atoms with E-state index in [9.17, 15) is 9.90 Å². The molecule has 0 aliphatic carbocycles. The van der Waals surface area contributed by atoms with Crippen LogP contribution in [0.1, 0.15) is 51.5 Å². The molecule has 1 saturated heterocycles. The number of amides is 1. The van der Waals surface area contributed by atoms with Crippen LogP contribution in [0.4, 0.5) is 11.4 Å². The van der Waals surface area contributed by atoms with Gasteiger partial charge in [0.1, 0.15) is 0 Å². The number of nitrogens with two attached hydrogens (primary N) is 1. The molecular weight excluding hydrogens is 314 g/mol. The molecule has 140 valence electrons. The Bertz CT molecular complexity index is 556. The number of nitrogens with zero attached hydrogens (tertiary/aromatic N) is 2. The second-order valence-corrected chi connectivity index (χ2v) is 6.81. The number of aryl methyl sites for hydroxylation is 1. The molecule has 0 saturated carbocycles. The van der Waals surface area contributed by atoms with Crippen LogP contribution in [0, 0.1) is 0 Å². The fourth-order valence-corrected chi connectivity index (χ4v) is 3.78. The molecule has 1 fully saturated rings. The molecule has 0 spiro atoms. The summed E-state index contributed by atoms with van der Waals surface area (Å²) < 4.78 is 0. The van der Waals surface area contributed by atoms with Gasteiger partial charge in [0, 0.05) is 38.7 Å². The summed E-state index contributed by atoms with van der Waals surface area (Å²) in [5.41, 5.74) is 9.18. The Labute approximate surface area is 151 Å². The van der Waals surface area contributed by atoms with Crippen LogP contribution >= 0.6 is 0 Å². The van der Waals surface area contributed by atoms with Crippen molar-refractivity contribution in [2.75, 3.05) is 36.9 Å². The maximum Gasteiger partial charge on any atom is 0.223 e. The first-order valence-corrected chi connectivity index (χ1v) is 9.64. The Morgan fingerprint density at radius 3 is 2.72 bits per heavy atom. The molecule has 1 amide bonds. The highest BCUT2D eigenvalue weighted by molar-refractivity contribution is 5.77. The molecular formula is C20H33N3O2. The van der Waals surface area contributed by atoms with Gasteiger partial charge in [-0.05, 0) is 63.6 Å². The van der Waals surface area contributed by atoms with Gasteiger partial charge >= 0.3 is 0 Å². The summed E-state index contributed by atoms with van der Waals surface area (Å²) in [5, 5.41) is 9.21. The number of rotatable bonds is 8. The maximum atomic E-state index is 12.6. The average Bonchev–Trinajstić information content (AvgIpc) is 2.63. The van der Waals surface area contributed by atoms with Gasteiger partial charge in [-0.25, -0.2) is 0 Å². The molecule has 1 aliphatic rings. The third-order valence-electron chi connectivity index (χ3n) is 5.23. The van der Waals surface area contributed by atoms with Crippen molar-refractivity contribution in [1.29, 1.82) is 0 Å². The summed E-state index contributed by atoms with van der Waals surface area (Å²) in [6, 6.07) is 6.36. The lowest BCUT2D eigenvalue weighted by Crippen LogP contribution is -2.44. The average molecular weight is 348 g/mol. The van der Waals surface area contributed by atoms with E-state index in [1.807, 2.05) is 11.0 Å².